The number of carbonyl (C=O) groups excluding carboxylic acids is 1. The maximum absolute atomic E-state index is 10.2. The van der Waals surface area contributed by atoms with Gasteiger partial charge in [-0.2, -0.15) is 0 Å². The van der Waals surface area contributed by atoms with Crippen LogP contribution in [0.5, 0.6) is 0 Å². The second kappa shape index (κ2) is 16.5. The minimum absolute atomic E-state index is 0.220. The molecule has 0 aliphatic carbocycles. The maximum atomic E-state index is 10.2. The first-order chi connectivity index (χ1) is 23.5. The monoisotopic (exact) mass is 648 g/mol. The number of carbonyl (C=O) groups is 2. The molecule has 1 heterocycles. The third-order valence-electron chi connectivity index (χ3n) is 7.43. The predicted octanol–water partition coefficient (Wildman–Crippen LogP) is 6.13. The molecule has 0 fully saturated rings. The summed E-state index contributed by atoms with van der Waals surface area (Å²) in [6.45, 7) is 0. The van der Waals surface area contributed by atoms with Crippen molar-refractivity contribution in [3.05, 3.63) is 199 Å². The number of imidazole rings is 1. The van der Waals surface area contributed by atoms with Crippen molar-refractivity contribution in [2.24, 2.45) is 0 Å². The molecule has 0 amide bonds. The van der Waals surface area contributed by atoms with Gasteiger partial charge < -0.3 is 20.0 Å². The summed E-state index contributed by atoms with van der Waals surface area (Å²) in [5.41, 5.74) is 2.80. The maximum Gasteiger partial charge on any atom is 0.335 e. The topological polar surface area (TPSA) is 106 Å². The first-order valence-corrected chi connectivity index (χ1v) is 17.0. The van der Waals surface area contributed by atoms with E-state index >= 15 is 0 Å². The Morgan fingerprint density at radius 1 is 0.521 bits per heavy atom. The molecular formula is C41H33N2O4P. The fourth-order valence-corrected chi connectivity index (χ4v) is 9.29. The Balaban J connectivity index is 0.000000204. The summed E-state index contributed by atoms with van der Waals surface area (Å²) < 4.78 is 0. The Labute approximate surface area is 280 Å². The molecule has 0 saturated carbocycles. The third-order valence-corrected chi connectivity index (χ3v) is 11.6. The molecular weight excluding hydrogens is 615 g/mol. The Hall–Kier alpha value is -6.10. The van der Waals surface area contributed by atoms with Crippen LogP contribution >= 0.6 is 7.26 Å². The van der Waals surface area contributed by atoms with Gasteiger partial charge in [-0.05, 0) is 54.1 Å². The molecule has 0 bridgehead atoms. The fraction of sp³-hybridized carbons (Fsp3) is 0. The average Bonchev–Trinajstić information content (AvgIpc) is 3.66. The van der Waals surface area contributed by atoms with Gasteiger partial charge in [-0.3, -0.25) is 0 Å². The van der Waals surface area contributed by atoms with Crippen LogP contribution in [-0.4, -0.2) is 27.0 Å². The summed E-state index contributed by atoms with van der Waals surface area (Å²) in [6.07, 6.45) is 2.03. The zero-order valence-corrected chi connectivity index (χ0v) is 26.9. The van der Waals surface area contributed by atoms with Crippen LogP contribution in [0.1, 0.15) is 20.7 Å². The van der Waals surface area contributed by atoms with Crippen molar-refractivity contribution in [2.45, 2.75) is 0 Å². The fourth-order valence-electron chi connectivity index (χ4n) is 5.20. The summed E-state index contributed by atoms with van der Waals surface area (Å²) >= 11 is 0. The highest BCUT2D eigenvalue weighted by atomic mass is 31.2. The highest BCUT2D eigenvalue weighted by molar-refractivity contribution is 8.01. The summed E-state index contributed by atoms with van der Waals surface area (Å²) in [4.78, 5) is 28.8. The van der Waals surface area contributed by atoms with E-state index in [-0.39, 0.29) is 5.56 Å². The molecule has 7 aromatic rings. The van der Waals surface area contributed by atoms with E-state index < -0.39 is 19.2 Å². The predicted molar refractivity (Wildman–Crippen MR) is 193 cm³/mol. The number of carboxylic acids is 2. The molecule has 0 aliphatic rings. The van der Waals surface area contributed by atoms with Crippen LogP contribution in [0.25, 0.3) is 11.4 Å². The van der Waals surface area contributed by atoms with Gasteiger partial charge in [0.15, 0.2) is 12.7 Å². The van der Waals surface area contributed by atoms with Gasteiger partial charge in [0.25, 0.3) is 0 Å². The molecule has 1 aromatic heterocycles. The average molecular weight is 649 g/mol. The molecule has 6 nitrogen and oxygen atoms in total. The quantitative estimate of drug-likeness (QED) is 0.202. The number of aromatic amines is 1. The Morgan fingerprint density at radius 3 is 1.21 bits per heavy atom. The summed E-state index contributed by atoms with van der Waals surface area (Å²) in [6, 6.07) is 59.2. The Morgan fingerprint density at radius 2 is 0.875 bits per heavy atom. The van der Waals surface area contributed by atoms with Crippen molar-refractivity contribution in [2.75, 3.05) is 0 Å². The van der Waals surface area contributed by atoms with Crippen LogP contribution in [0.4, 0.5) is 0 Å². The smallest absolute Gasteiger partial charge is 0.335 e. The Bertz CT molecular complexity index is 1860. The SMILES string of the molecule is O=C(O)c1ccccc1.O=C([O-])c1ccccc1.c1ccc(-c2ncc([P+](c3ccccc3)(c3ccccc3)c3ccccc3)[nH]2)cc1. The number of nitrogens with zero attached hydrogens (tertiary/aromatic N) is 1. The first kappa shape index (κ1) is 33.3. The van der Waals surface area contributed by atoms with E-state index in [2.05, 4.69) is 108 Å². The standard InChI is InChI=1S/C27H22N2P.2C7H6O2/c1-5-13-22(14-6-1)27-28-21-26(29-27)30(23-15-7-2-8-16-23,24-17-9-3-10-18-24)25-19-11-4-12-20-25;2*8-7(9)6-4-2-1-3-5-6/h1-21H,(H,28,29);2*1-5H,(H,8,9)/q+1;;/p-1. The van der Waals surface area contributed by atoms with Crippen LogP contribution < -0.4 is 26.5 Å². The molecule has 0 radical (unpaired) electrons. The van der Waals surface area contributed by atoms with Crippen molar-refractivity contribution in [1.29, 1.82) is 0 Å². The third kappa shape index (κ3) is 8.00. The van der Waals surface area contributed by atoms with Crippen LogP contribution in [0.2, 0.25) is 0 Å². The van der Waals surface area contributed by atoms with Crippen molar-refractivity contribution in [1.82, 2.24) is 9.97 Å². The van der Waals surface area contributed by atoms with Crippen molar-refractivity contribution in [3.8, 4) is 11.4 Å². The second-order valence-electron chi connectivity index (χ2n) is 10.5. The number of H-pyrrole nitrogens is 1. The number of rotatable bonds is 7. The van der Waals surface area contributed by atoms with Gasteiger partial charge >= 0.3 is 5.97 Å². The van der Waals surface area contributed by atoms with Crippen molar-refractivity contribution >= 4 is 40.5 Å². The molecule has 0 aliphatic heterocycles. The molecule has 7 rings (SSSR count). The van der Waals surface area contributed by atoms with Gasteiger partial charge in [-0.1, -0.05) is 133 Å². The van der Waals surface area contributed by atoms with Crippen molar-refractivity contribution in [3.63, 3.8) is 0 Å². The van der Waals surface area contributed by atoms with Gasteiger partial charge in [0.1, 0.15) is 21.7 Å². The molecule has 2 N–H and O–H groups in total. The van der Waals surface area contributed by atoms with Gasteiger partial charge in [-0.25, -0.2) is 9.78 Å². The van der Waals surface area contributed by atoms with Crippen LogP contribution in [0.3, 0.4) is 0 Å². The largest absolute Gasteiger partial charge is 0.545 e. The van der Waals surface area contributed by atoms with E-state index in [0.29, 0.717) is 5.56 Å². The Kier molecular flexibility index (Phi) is 11.4. The number of carboxylic acid groups (broad SMARTS) is 2. The first-order valence-electron chi connectivity index (χ1n) is 15.2. The van der Waals surface area contributed by atoms with E-state index in [9.17, 15) is 14.7 Å². The zero-order chi connectivity index (χ0) is 33.6. The highest BCUT2D eigenvalue weighted by Gasteiger charge is 2.49. The summed E-state index contributed by atoms with van der Waals surface area (Å²) in [7, 11) is -2.12. The number of hydrogen-bond acceptors (Lipinski definition) is 4. The molecule has 6 aromatic carbocycles. The zero-order valence-electron chi connectivity index (χ0n) is 26.0. The second-order valence-corrected chi connectivity index (χ2v) is 13.9. The lowest BCUT2D eigenvalue weighted by molar-refractivity contribution is -0.255. The molecule has 0 saturated heterocycles. The van der Waals surface area contributed by atoms with Gasteiger partial charge in [0.2, 0.25) is 0 Å². The molecule has 48 heavy (non-hydrogen) atoms. The lowest BCUT2D eigenvalue weighted by Crippen LogP contribution is -2.39. The molecule has 0 unspecified atom stereocenters. The molecule has 236 valence electrons. The number of hydrogen-bond donors (Lipinski definition) is 2. The number of aromatic nitrogens is 2. The van der Waals surface area contributed by atoms with E-state index in [1.165, 1.54) is 28.0 Å². The summed E-state index contributed by atoms with van der Waals surface area (Å²) in [5.74, 6) is -1.11. The van der Waals surface area contributed by atoms with Gasteiger partial charge in [0, 0.05) is 5.56 Å². The number of aromatic carboxylic acids is 2. The number of benzene rings is 6. The lowest BCUT2D eigenvalue weighted by Gasteiger charge is -2.25. The molecule has 0 atom stereocenters. The molecule has 7 heteroatoms. The minimum Gasteiger partial charge on any atom is -0.545 e. The van der Waals surface area contributed by atoms with Gasteiger partial charge in [-0.15, -0.1) is 0 Å². The lowest BCUT2D eigenvalue weighted by atomic mass is 10.2. The van der Waals surface area contributed by atoms with Crippen LogP contribution in [0.15, 0.2) is 188 Å². The summed E-state index contributed by atoms with van der Waals surface area (Å²) in [5, 5.41) is 22.4. The van der Waals surface area contributed by atoms with Crippen LogP contribution in [0, 0.1) is 0 Å². The van der Waals surface area contributed by atoms with E-state index in [1.807, 2.05) is 24.4 Å². The van der Waals surface area contributed by atoms with E-state index in [1.54, 1.807) is 48.5 Å². The number of nitrogens with one attached hydrogen (secondary N) is 1. The van der Waals surface area contributed by atoms with E-state index in [4.69, 9.17) is 10.1 Å². The minimum atomic E-state index is -2.12. The van der Waals surface area contributed by atoms with Gasteiger partial charge in [0.05, 0.1) is 17.7 Å². The van der Waals surface area contributed by atoms with E-state index in [0.717, 1.165) is 16.8 Å². The highest BCUT2D eigenvalue weighted by Crippen LogP contribution is 2.53. The molecule has 0 spiro atoms. The van der Waals surface area contributed by atoms with Crippen LogP contribution in [-0.2, 0) is 0 Å². The van der Waals surface area contributed by atoms with Crippen molar-refractivity contribution < 1.29 is 19.8 Å². The normalized spacial score (nSPS) is 10.4.